The first-order valence-electron chi connectivity index (χ1n) is 9.60. The Hall–Kier alpha value is -1.76. The molecule has 2 aromatic rings. The highest BCUT2D eigenvalue weighted by Crippen LogP contribution is 2.30. The summed E-state index contributed by atoms with van der Waals surface area (Å²) in [5.41, 5.74) is 2.03. The highest BCUT2D eigenvalue weighted by atomic mass is 32.2. The van der Waals surface area contributed by atoms with Crippen LogP contribution in [0.25, 0.3) is 0 Å². The molecule has 1 aromatic carbocycles. The van der Waals surface area contributed by atoms with E-state index >= 15 is 0 Å². The Kier molecular flexibility index (Phi) is 5.86. The zero-order valence-corrected chi connectivity index (χ0v) is 16.3. The summed E-state index contributed by atoms with van der Waals surface area (Å²) in [4.78, 5) is 16.8. The van der Waals surface area contributed by atoms with Gasteiger partial charge in [-0.05, 0) is 24.4 Å². The van der Waals surface area contributed by atoms with Crippen LogP contribution in [-0.2, 0) is 13.1 Å². The fraction of sp³-hybridized carbons (Fsp3) is 0.476. The molecule has 2 saturated heterocycles. The molecule has 1 N–H and O–H groups in total. The standard InChI is InChI=1S/C21H26N2O3S/c24-20-18(13-22-8-10-27-11-9-22)15-26-21(25)19(20)14-23-7-6-17(12-23)16-4-2-1-3-5-16/h1-5,15,17,24H,6-14H2/t17-/m0/s1. The number of hydrogen-bond acceptors (Lipinski definition) is 6. The number of hydrogen-bond donors (Lipinski definition) is 1. The second-order valence-corrected chi connectivity index (χ2v) is 8.62. The molecule has 1 atom stereocenters. The summed E-state index contributed by atoms with van der Waals surface area (Å²) < 4.78 is 5.26. The van der Waals surface area contributed by atoms with Crippen molar-refractivity contribution in [2.75, 3.05) is 37.7 Å². The lowest BCUT2D eigenvalue weighted by Crippen LogP contribution is -2.32. The molecule has 0 amide bonds. The summed E-state index contributed by atoms with van der Waals surface area (Å²) in [6.45, 7) is 4.91. The minimum atomic E-state index is -0.423. The molecule has 144 valence electrons. The summed E-state index contributed by atoms with van der Waals surface area (Å²) in [5, 5.41) is 10.7. The monoisotopic (exact) mass is 386 g/mol. The number of likely N-dealkylation sites (tertiary alicyclic amines) is 1. The molecule has 27 heavy (non-hydrogen) atoms. The van der Waals surface area contributed by atoms with Crippen molar-refractivity contribution in [2.45, 2.75) is 25.4 Å². The van der Waals surface area contributed by atoms with Crippen molar-refractivity contribution >= 4 is 11.8 Å². The predicted octanol–water partition coefficient (Wildman–Crippen LogP) is 2.88. The maximum Gasteiger partial charge on any atom is 0.343 e. The zero-order chi connectivity index (χ0) is 18.6. The topological polar surface area (TPSA) is 56.9 Å². The minimum absolute atomic E-state index is 0.118. The van der Waals surface area contributed by atoms with E-state index < -0.39 is 5.63 Å². The Morgan fingerprint density at radius 3 is 2.63 bits per heavy atom. The SMILES string of the molecule is O=c1occ(CN2CCSCC2)c(O)c1CN1CC[C@H](c2ccccc2)C1. The van der Waals surface area contributed by atoms with Crippen LogP contribution in [-0.4, -0.2) is 52.6 Å². The molecule has 1 aromatic heterocycles. The van der Waals surface area contributed by atoms with Gasteiger partial charge in [-0.15, -0.1) is 0 Å². The largest absolute Gasteiger partial charge is 0.507 e. The van der Waals surface area contributed by atoms with Gasteiger partial charge < -0.3 is 9.52 Å². The second kappa shape index (κ2) is 8.50. The van der Waals surface area contributed by atoms with E-state index in [0.29, 0.717) is 24.6 Å². The molecule has 6 heteroatoms. The number of thioether (sulfide) groups is 1. The maximum absolute atomic E-state index is 12.3. The van der Waals surface area contributed by atoms with E-state index in [1.54, 1.807) is 0 Å². The smallest absolute Gasteiger partial charge is 0.343 e. The number of benzene rings is 1. The van der Waals surface area contributed by atoms with Crippen LogP contribution in [0.3, 0.4) is 0 Å². The van der Waals surface area contributed by atoms with E-state index in [9.17, 15) is 9.90 Å². The number of aromatic hydroxyl groups is 1. The molecule has 3 heterocycles. The Morgan fingerprint density at radius 1 is 1.07 bits per heavy atom. The van der Waals surface area contributed by atoms with Gasteiger partial charge in [-0.2, -0.15) is 11.8 Å². The van der Waals surface area contributed by atoms with Crippen molar-refractivity contribution in [3.63, 3.8) is 0 Å². The number of rotatable bonds is 5. The third-order valence-electron chi connectivity index (χ3n) is 5.57. The quantitative estimate of drug-likeness (QED) is 0.853. The van der Waals surface area contributed by atoms with E-state index in [1.165, 1.54) is 11.8 Å². The summed E-state index contributed by atoms with van der Waals surface area (Å²) in [6, 6.07) is 10.5. The van der Waals surface area contributed by atoms with Crippen LogP contribution in [0, 0.1) is 0 Å². The van der Waals surface area contributed by atoms with Crippen molar-refractivity contribution < 1.29 is 9.52 Å². The van der Waals surface area contributed by atoms with Crippen molar-refractivity contribution in [1.29, 1.82) is 0 Å². The van der Waals surface area contributed by atoms with Crippen LogP contribution in [0.4, 0.5) is 0 Å². The van der Waals surface area contributed by atoms with E-state index in [-0.39, 0.29) is 5.75 Å². The summed E-state index contributed by atoms with van der Waals surface area (Å²) >= 11 is 1.95. The average Bonchev–Trinajstić information content (AvgIpc) is 3.18. The Bertz CT molecular complexity index is 818. The Morgan fingerprint density at radius 2 is 1.85 bits per heavy atom. The first kappa shape index (κ1) is 18.6. The van der Waals surface area contributed by atoms with Gasteiger partial charge >= 0.3 is 5.63 Å². The lowest BCUT2D eigenvalue weighted by molar-refractivity contribution is 0.278. The maximum atomic E-state index is 12.3. The molecule has 4 rings (SSSR count). The van der Waals surface area contributed by atoms with Crippen molar-refractivity contribution in [3.05, 3.63) is 63.7 Å². The van der Waals surface area contributed by atoms with Crippen LogP contribution in [0.15, 0.2) is 45.8 Å². The number of nitrogens with zero attached hydrogens (tertiary/aromatic N) is 2. The second-order valence-electron chi connectivity index (χ2n) is 7.40. The van der Waals surface area contributed by atoms with Crippen molar-refractivity contribution in [3.8, 4) is 5.75 Å². The highest BCUT2D eigenvalue weighted by molar-refractivity contribution is 7.99. The van der Waals surface area contributed by atoms with Crippen LogP contribution >= 0.6 is 11.8 Å². The zero-order valence-electron chi connectivity index (χ0n) is 15.5. The van der Waals surface area contributed by atoms with Crippen LogP contribution in [0.2, 0.25) is 0 Å². The molecule has 0 radical (unpaired) electrons. The van der Waals surface area contributed by atoms with E-state index in [4.69, 9.17) is 4.42 Å². The van der Waals surface area contributed by atoms with Gasteiger partial charge in [0, 0.05) is 49.8 Å². The molecule has 0 spiro atoms. The van der Waals surface area contributed by atoms with Gasteiger partial charge in [-0.3, -0.25) is 9.80 Å². The Balaban J connectivity index is 1.45. The van der Waals surface area contributed by atoms with Gasteiger partial charge in [0.05, 0.1) is 5.56 Å². The van der Waals surface area contributed by atoms with E-state index in [0.717, 1.165) is 49.7 Å². The third kappa shape index (κ3) is 4.39. The van der Waals surface area contributed by atoms with Crippen molar-refractivity contribution in [1.82, 2.24) is 9.80 Å². The third-order valence-corrected chi connectivity index (χ3v) is 6.51. The van der Waals surface area contributed by atoms with Crippen LogP contribution in [0.1, 0.15) is 29.0 Å². The molecule has 0 unspecified atom stereocenters. The van der Waals surface area contributed by atoms with Gasteiger partial charge in [0.2, 0.25) is 0 Å². The van der Waals surface area contributed by atoms with Gasteiger partial charge in [0.25, 0.3) is 0 Å². The lowest BCUT2D eigenvalue weighted by Gasteiger charge is -2.26. The molecule has 0 aliphatic carbocycles. The highest BCUT2D eigenvalue weighted by Gasteiger charge is 2.26. The molecule has 2 aliphatic heterocycles. The normalized spacial score (nSPS) is 21.6. The fourth-order valence-corrected chi connectivity index (χ4v) is 4.97. The molecule has 0 bridgehead atoms. The van der Waals surface area contributed by atoms with E-state index in [2.05, 4.69) is 34.1 Å². The Labute approximate surface area is 164 Å². The molecule has 2 fully saturated rings. The molecule has 0 saturated carbocycles. The summed E-state index contributed by atoms with van der Waals surface area (Å²) in [6.07, 6.45) is 2.50. The molecule has 5 nitrogen and oxygen atoms in total. The van der Waals surface area contributed by atoms with Gasteiger partial charge in [-0.1, -0.05) is 30.3 Å². The predicted molar refractivity (Wildman–Crippen MR) is 108 cm³/mol. The summed E-state index contributed by atoms with van der Waals surface area (Å²) in [7, 11) is 0. The first-order valence-corrected chi connectivity index (χ1v) is 10.8. The molecule has 2 aliphatic rings. The molecular weight excluding hydrogens is 360 g/mol. The van der Waals surface area contributed by atoms with Crippen molar-refractivity contribution in [2.24, 2.45) is 0 Å². The fourth-order valence-electron chi connectivity index (χ4n) is 3.99. The summed E-state index contributed by atoms with van der Waals surface area (Å²) in [5.74, 6) is 2.82. The van der Waals surface area contributed by atoms with Gasteiger partial charge in [0.1, 0.15) is 12.0 Å². The van der Waals surface area contributed by atoms with E-state index in [1.807, 2.05) is 17.8 Å². The first-order chi connectivity index (χ1) is 13.2. The van der Waals surface area contributed by atoms with Crippen LogP contribution < -0.4 is 5.63 Å². The molecular formula is C21H26N2O3S. The average molecular weight is 387 g/mol. The minimum Gasteiger partial charge on any atom is -0.507 e. The van der Waals surface area contributed by atoms with Crippen LogP contribution in [0.5, 0.6) is 5.75 Å². The van der Waals surface area contributed by atoms with Gasteiger partial charge in [0.15, 0.2) is 0 Å². The lowest BCUT2D eigenvalue weighted by atomic mass is 9.99. The van der Waals surface area contributed by atoms with Gasteiger partial charge in [-0.25, -0.2) is 4.79 Å².